The first-order chi connectivity index (χ1) is 6.77. The zero-order chi connectivity index (χ0) is 10.6. The quantitative estimate of drug-likeness (QED) is 0.603. The molecule has 2 rings (SSSR count). The summed E-state index contributed by atoms with van der Waals surface area (Å²) in [6.45, 7) is 5.91. The number of benzene rings is 1. The second kappa shape index (κ2) is 4.75. The molecule has 0 fully saturated rings. The van der Waals surface area contributed by atoms with E-state index in [1.54, 1.807) is 7.28 Å². The summed E-state index contributed by atoms with van der Waals surface area (Å²) >= 11 is 0. The van der Waals surface area contributed by atoms with E-state index in [1.807, 2.05) is 45.0 Å². The Balaban J connectivity index is 0.000000461. The normalized spacial score (nSPS) is 13.1. The van der Waals surface area contributed by atoms with Crippen LogP contribution in [0.4, 0.5) is 5.69 Å². The topological polar surface area (TPSA) is 36.2 Å². The zero-order valence-corrected chi connectivity index (χ0v) is 8.83. The largest absolute Gasteiger partial charge is 0.315 e. The average Bonchev–Trinajstić information content (AvgIpc) is 2.20. The van der Waals surface area contributed by atoms with Gasteiger partial charge in [-0.05, 0) is 18.6 Å². The molecule has 0 saturated heterocycles. The Labute approximate surface area is 85.8 Å². The average molecular weight is 185 g/mol. The van der Waals surface area contributed by atoms with E-state index in [2.05, 4.69) is 4.99 Å². The second-order valence-corrected chi connectivity index (χ2v) is 2.83. The van der Waals surface area contributed by atoms with Crippen LogP contribution in [0, 0.1) is 5.41 Å². The molecule has 0 atom stereocenters. The predicted molar refractivity (Wildman–Crippen MR) is 63.1 cm³/mol. The Morgan fingerprint density at radius 3 is 2.57 bits per heavy atom. The van der Waals surface area contributed by atoms with Crippen molar-refractivity contribution in [1.82, 2.24) is 0 Å². The molecule has 1 heterocycles. The van der Waals surface area contributed by atoms with Gasteiger partial charge < -0.3 is 5.41 Å². The minimum Gasteiger partial charge on any atom is -0.315 e. The van der Waals surface area contributed by atoms with Gasteiger partial charge >= 0.3 is 0 Å². The van der Waals surface area contributed by atoms with Gasteiger partial charge in [0.1, 0.15) is 0 Å². The van der Waals surface area contributed by atoms with Gasteiger partial charge in [-0.3, -0.25) is 4.99 Å². The lowest BCUT2D eigenvalue weighted by molar-refractivity contribution is 1.45. The van der Waals surface area contributed by atoms with Crippen molar-refractivity contribution in [1.29, 1.82) is 5.41 Å². The summed E-state index contributed by atoms with van der Waals surface area (Å²) in [6.07, 6.45) is 0. The summed E-state index contributed by atoms with van der Waals surface area (Å²) in [4.78, 5) is 4.32. The van der Waals surface area contributed by atoms with Gasteiger partial charge in [-0.2, -0.15) is 0 Å². The Bertz CT molecular complexity index is 369. The molecule has 14 heavy (non-hydrogen) atoms. The fraction of sp³-hybridized carbons (Fsp3) is 0.273. The zero-order valence-electron chi connectivity index (χ0n) is 8.83. The maximum absolute atomic E-state index is 7.66. The summed E-state index contributed by atoms with van der Waals surface area (Å²) in [5.41, 5.74) is 3.28. The van der Waals surface area contributed by atoms with E-state index >= 15 is 0 Å². The number of hydrogen-bond donors (Lipinski definition) is 1. The lowest BCUT2D eigenvalue weighted by Gasteiger charge is -2.12. The molecule has 0 spiro atoms. The fourth-order valence-electron chi connectivity index (χ4n) is 1.31. The Morgan fingerprint density at radius 2 is 1.86 bits per heavy atom. The number of nitrogens with zero attached hydrogens (tertiary/aromatic N) is 1. The van der Waals surface area contributed by atoms with Crippen LogP contribution in [0.1, 0.15) is 26.3 Å². The smallest absolute Gasteiger partial charge is 0.236 e. The highest BCUT2D eigenvalue weighted by Crippen LogP contribution is 2.21. The van der Waals surface area contributed by atoms with Gasteiger partial charge in [0.2, 0.25) is 7.28 Å². The van der Waals surface area contributed by atoms with Crippen LogP contribution in [0.3, 0.4) is 0 Å². The van der Waals surface area contributed by atoms with Gasteiger partial charge in [-0.1, -0.05) is 32.0 Å². The van der Waals surface area contributed by atoms with Crippen LogP contribution in [0.5, 0.6) is 0 Å². The molecule has 0 amide bonds. The summed E-state index contributed by atoms with van der Waals surface area (Å²) in [6, 6.07) is 7.72. The predicted octanol–water partition coefficient (Wildman–Crippen LogP) is 2.81. The Hall–Kier alpha value is -1.38. The summed E-state index contributed by atoms with van der Waals surface area (Å²) in [5.74, 6) is 0. The Kier molecular flexibility index (Phi) is 3.63. The van der Waals surface area contributed by atoms with Crippen LogP contribution < -0.4 is 0 Å². The third kappa shape index (κ3) is 2.10. The van der Waals surface area contributed by atoms with E-state index in [4.69, 9.17) is 5.41 Å². The van der Waals surface area contributed by atoms with Gasteiger partial charge in [0.05, 0.1) is 5.69 Å². The van der Waals surface area contributed by atoms with Crippen LogP contribution in [0.2, 0.25) is 0 Å². The lowest BCUT2D eigenvalue weighted by Crippen LogP contribution is -2.21. The molecule has 0 unspecified atom stereocenters. The molecule has 0 aliphatic carbocycles. The minimum absolute atomic E-state index is 0.554. The van der Waals surface area contributed by atoms with Crippen LogP contribution >= 0.6 is 0 Å². The van der Waals surface area contributed by atoms with E-state index in [0.29, 0.717) is 5.61 Å². The SMILES string of the molecule is CC.CC1=Nc2ccccc2C(=N)[B]1. The van der Waals surface area contributed by atoms with E-state index < -0.39 is 0 Å². The number of nitrogens with one attached hydrogen (secondary N) is 1. The van der Waals surface area contributed by atoms with Crippen molar-refractivity contribution in [3.8, 4) is 0 Å². The summed E-state index contributed by atoms with van der Waals surface area (Å²) in [5, 5.41) is 7.66. The van der Waals surface area contributed by atoms with Crippen molar-refractivity contribution in [3.05, 3.63) is 29.8 Å². The number of fused-ring (bicyclic) bond motifs is 1. The monoisotopic (exact) mass is 185 g/mol. The highest BCUT2D eigenvalue weighted by atomic mass is 14.7. The minimum atomic E-state index is 0.554. The molecule has 2 nitrogen and oxygen atoms in total. The molecule has 1 aromatic rings. The molecule has 71 valence electrons. The number of para-hydroxylation sites is 1. The maximum Gasteiger partial charge on any atom is 0.236 e. The molecule has 1 N–H and O–H groups in total. The highest BCUT2D eigenvalue weighted by molar-refractivity contribution is 7.01. The van der Waals surface area contributed by atoms with Crippen molar-refractivity contribution < 1.29 is 0 Å². The second-order valence-electron chi connectivity index (χ2n) is 2.83. The van der Waals surface area contributed by atoms with Gasteiger partial charge in [0.15, 0.2) is 0 Å². The van der Waals surface area contributed by atoms with Crippen LogP contribution in [-0.4, -0.2) is 18.5 Å². The van der Waals surface area contributed by atoms with Crippen LogP contribution in [0.25, 0.3) is 0 Å². The molecule has 0 aromatic heterocycles. The van der Waals surface area contributed by atoms with Crippen LogP contribution in [-0.2, 0) is 0 Å². The number of aliphatic imine (C=N–C) groups is 1. The Morgan fingerprint density at radius 1 is 1.21 bits per heavy atom. The van der Waals surface area contributed by atoms with Gasteiger partial charge in [-0.15, -0.1) is 0 Å². The molecule has 0 bridgehead atoms. The van der Waals surface area contributed by atoms with Crippen molar-refractivity contribution >= 4 is 24.2 Å². The van der Waals surface area contributed by atoms with Crippen molar-refractivity contribution in [2.45, 2.75) is 20.8 Å². The first-order valence-electron chi connectivity index (χ1n) is 4.85. The molecular weight excluding hydrogens is 171 g/mol. The molecule has 1 aromatic carbocycles. The fourth-order valence-corrected chi connectivity index (χ4v) is 1.31. The van der Waals surface area contributed by atoms with E-state index in [-0.39, 0.29) is 0 Å². The lowest BCUT2D eigenvalue weighted by atomic mass is 9.63. The third-order valence-corrected chi connectivity index (χ3v) is 1.84. The van der Waals surface area contributed by atoms with E-state index in [1.165, 1.54) is 0 Å². The van der Waals surface area contributed by atoms with Gasteiger partial charge in [0, 0.05) is 11.2 Å². The van der Waals surface area contributed by atoms with Crippen molar-refractivity contribution in [2.24, 2.45) is 4.99 Å². The molecule has 0 saturated carbocycles. The number of rotatable bonds is 0. The molecule has 1 aliphatic rings. The summed E-state index contributed by atoms with van der Waals surface area (Å²) < 4.78 is 0. The third-order valence-electron chi connectivity index (χ3n) is 1.84. The van der Waals surface area contributed by atoms with Gasteiger partial charge in [0.25, 0.3) is 0 Å². The highest BCUT2D eigenvalue weighted by Gasteiger charge is 2.14. The first kappa shape index (κ1) is 10.7. The molecule has 3 heteroatoms. The molecular formula is C11H14BN2. The summed E-state index contributed by atoms with van der Waals surface area (Å²) in [7, 11) is 1.78. The van der Waals surface area contributed by atoms with E-state index in [9.17, 15) is 0 Å². The van der Waals surface area contributed by atoms with Crippen molar-refractivity contribution in [3.63, 3.8) is 0 Å². The van der Waals surface area contributed by atoms with E-state index in [0.717, 1.165) is 16.9 Å². The maximum atomic E-state index is 7.66. The molecule has 1 radical (unpaired) electrons. The first-order valence-corrected chi connectivity index (χ1v) is 4.85. The number of hydrogen-bond acceptors (Lipinski definition) is 2. The van der Waals surface area contributed by atoms with Crippen LogP contribution in [0.15, 0.2) is 29.3 Å². The van der Waals surface area contributed by atoms with Crippen molar-refractivity contribution in [2.75, 3.05) is 0 Å². The van der Waals surface area contributed by atoms with Gasteiger partial charge in [-0.25, -0.2) is 0 Å². The standard InChI is InChI=1S/C9H8BN2.C2H6/c1-6-10-9(11)7-4-2-3-5-8(7)12-6;1-2/h2-5,11H,1H3;1-2H3. The molecule has 1 aliphatic heterocycles.